The Morgan fingerprint density at radius 3 is 2.29 bits per heavy atom. The van der Waals surface area contributed by atoms with Gasteiger partial charge in [0.05, 0.1) is 4.90 Å². The van der Waals surface area contributed by atoms with E-state index in [-0.39, 0.29) is 16.7 Å². The topological polar surface area (TPSA) is 95.6 Å². The minimum absolute atomic E-state index is 0.0469. The molecular formula is C23H29N3O4S. The van der Waals surface area contributed by atoms with Crippen LogP contribution in [-0.4, -0.2) is 26.8 Å². The summed E-state index contributed by atoms with van der Waals surface area (Å²) in [6.45, 7) is 8.16. The van der Waals surface area contributed by atoms with Gasteiger partial charge in [-0.2, -0.15) is 0 Å². The second kappa shape index (κ2) is 8.70. The average Bonchev–Trinajstić information content (AvgIpc) is 3.10. The van der Waals surface area contributed by atoms with E-state index in [2.05, 4.69) is 10.0 Å². The molecule has 2 aromatic carbocycles. The molecule has 1 aliphatic heterocycles. The monoisotopic (exact) mass is 443 g/mol. The first-order valence-corrected chi connectivity index (χ1v) is 11.9. The average molecular weight is 444 g/mol. The van der Waals surface area contributed by atoms with Gasteiger partial charge in [0.15, 0.2) is 0 Å². The lowest BCUT2D eigenvalue weighted by molar-refractivity contribution is -0.125. The summed E-state index contributed by atoms with van der Waals surface area (Å²) in [6, 6.07) is 11.3. The van der Waals surface area contributed by atoms with E-state index in [4.69, 9.17) is 0 Å². The van der Waals surface area contributed by atoms with Crippen molar-refractivity contribution < 1.29 is 18.0 Å². The SMILES string of the molecule is CCCC(=O)Nc1ccc(S(=O)(=O)Nc2ccc3c(c2)CCN3C(=O)C(C)(C)C)cc1. The van der Waals surface area contributed by atoms with Crippen LogP contribution in [0.5, 0.6) is 0 Å². The van der Waals surface area contributed by atoms with E-state index in [1.807, 2.05) is 27.7 Å². The number of carbonyl (C=O) groups excluding carboxylic acids is 2. The first kappa shape index (κ1) is 22.8. The fourth-order valence-corrected chi connectivity index (χ4v) is 4.51. The summed E-state index contributed by atoms with van der Waals surface area (Å²) in [7, 11) is -3.78. The van der Waals surface area contributed by atoms with Gasteiger partial charge in [0.1, 0.15) is 0 Å². The molecular weight excluding hydrogens is 414 g/mol. The van der Waals surface area contributed by atoms with Crippen molar-refractivity contribution in [3.63, 3.8) is 0 Å². The minimum atomic E-state index is -3.78. The lowest BCUT2D eigenvalue weighted by atomic mass is 9.94. The number of fused-ring (bicyclic) bond motifs is 1. The molecule has 0 aliphatic carbocycles. The molecule has 2 amide bonds. The van der Waals surface area contributed by atoms with Crippen LogP contribution in [0.15, 0.2) is 47.4 Å². The highest BCUT2D eigenvalue weighted by Gasteiger charge is 2.32. The van der Waals surface area contributed by atoms with Crippen LogP contribution >= 0.6 is 0 Å². The van der Waals surface area contributed by atoms with Crippen LogP contribution in [0.2, 0.25) is 0 Å². The summed E-state index contributed by atoms with van der Waals surface area (Å²) in [5.41, 5.74) is 2.29. The molecule has 0 unspecified atom stereocenters. The minimum Gasteiger partial charge on any atom is -0.326 e. The number of hydrogen-bond acceptors (Lipinski definition) is 4. The fraction of sp³-hybridized carbons (Fsp3) is 0.391. The molecule has 0 fully saturated rings. The number of sulfonamides is 1. The third-order valence-electron chi connectivity index (χ3n) is 5.04. The third-order valence-corrected chi connectivity index (χ3v) is 6.44. The number of benzene rings is 2. The summed E-state index contributed by atoms with van der Waals surface area (Å²) in [5.74, 6) is -0.0564. The van der Waals surface area contributed by atoms with Crippen molar-refractivity contribution in [1.82, 2.24) is 0 Å². The summed E-state index contributed by atoms with van der Waals surface area (Å²) in [6.07, 6.45) is 1.84. The van der Waals surface area contributed by atoms with Crippen LogP contribution in [0.3, 0.4) is 0 Å². The Labute approximate surface area is 183 Å². The van der Waals surface area contributed by atoms with Crippen molar-refractivity contribution >= 4 is 38.9 Å². The molecule has 0 atom stereocenters. The normalized spacial score (nSPS) is 13.6. The van der Waals surface area contributed by atoms with Crippen molar-refractivity contribution in [2.45, 2.75) is 51.9 Å². The summed E-state index contributed by atoms with van der Waals surface area (Å²) in [5, 5.41) is 2.74. The quantitative estimate of drug-likeness (QED) is 0.701. The van der Waals surface area contributed by atoms with Crippen LogP contribution in [0.25, 0.3) is 0 Å². The third kappa shape index (κ3) is 5.25. The predicted octanol–water partition coefficient (Wildman–Crippen LogP) is 4.16. The largest absolute Gasteiger partial charge is 0.326 e. The standard InChI is InChI=1S/C23H29N3O4S/c1-5-6-21(27)24-17-7-10-19(11-8-17)31(29,30)25-18-9-12-20-16(15-18)13-14-26(20)22(28)23(2,3)4/h7-12,15,25H,5-6,13-14H2,1-4H3,(H,24,27). The van der Waals surface area contributed by atoms with Crippen molar-refractivity contribution in [1.29, 1.82) is 0 Å². The van der Waals surface area contributed by atoms with Crippen molar-refractivity contribution in [2.75, 3.05) is 21.5 Å². The number of nitrogens with one attached hydrogen (secondary N) is 2. The Hall–Kier alpha value is -2.87. The lowest BCUT2D eigenvalue weighted by Crippen LogP contribution is -2.38. The van der Waals surface area contributed by atoms with Crippen molar-refractivity contribution in [3.8, 4) is 0 Å². The maximum Gasteiger partial charge on any atom is 0.261 e. The van der Waals surface area contributed by atoms with Crippen molar-refractivity contribution in [2.24, 2.45) is 5.41 Å². The highest BCUT2D eigenvalue weighted by atomic mass is 32.2. The molecule has 0 saturated heterocycles. The van der Waals surface area contributed by atoms with Gasteiger partial charge >= 0.3 is 0 Å². The van der Waals surface area contributed by atoms with E-state index in [1.165, 1.54) is 12.1 Å². The number of nitrogens with zero attached hydrogens (tertiary/aromatic N) is 1. The molecule has 7 nitrogen and oxygen atoms in total. The molecule has 1 aliphatic rings. The van der Waals surface area contributed by atoms with Crippen LogP contribution in [0.4, 0.5) is 17.1 Å². The number of anilines is 3. The van der Waals surface area contributed by atoms with Gasteiger partial charge in [0, 0.05) is 35.4 Å². The maximum atomic E-state index is 12.8. The molecule has 0 saturated carbocycles. The van der Waals surface area contributed by atoms with E-state index in [0.717, 1.165) is 17.7 Å². The molecule has 1 heterocycles. The first-order valence-electron chi connectivity index (χ1n) is 10.4. The summed E-state index contributed by atoms with van der Waals surface area (Å²) in [4.78, 5) is 26.2. The zero-order valence-corrected chi connectivity index (χ0v) is 19.2. The van der Waals surface area contributed by atoms with Gasteiger partial charge in [-0.3, -0.25) is 14.3 Å². The van der Waals surface area contributed by atoms with Gasteiger partial charge in [-0.15, -0.1) is 0 Å². The van der Waals surface area contributed by atoms with E-state index in [9.17, 15) is 18.0 Å². The second-order valence-electron chi connectivity index (χ2n) is 8.73. The molecule has 2 N–H and O–H groups in total. The molecule has 31 heavy (non-hydrogen) atoms. The molecule has 0 bridgehead atoms. The van der Waals surface area contributed by atoms with E-state index in [0.29, 0.717) is 30.8 Å². The molecule has 0 aromatic heterocycles. The molecule has 2 aromatic rings. The van der Waals surface area contributed by atoms with Gasteiger partial charge in [0.25, 0.3) is 10.0 Å². The van der Waals surface area contributed by atoms with Gasteiger partial charge in [-0.25, -0.2) is 8.42 Å². The Kier molecular flexibility index (Phi) is 6.40. The van der Waals surface area contributed by atoms with E-state index < -0.39 is 15.4 Å². The van der Waals surface area contributed by atoms with Gasteiger partial charge in [-0.1, -0.05) is 27.7 Å². The molecule has 0 spiro atoms. The van der Waals surface area contributed by atoms with Gasteiger partial charge in [0.2, 0.25) is 11.8 Å². The van der Waals surface area contributed by atoms with Crippen LogP contribution in [-0.2, 0) is 26.0 Å². The number of carbonyl (C=O) groups is 2. The molecule has 0 radical (unpaired) electrons. The fourth-order valence-electron chi connectivity index (χ4n) is 3.46. The summed E-state index contributed by atoms with van der Waals surface area (Å²) < 4.78 is 28.2. The lowest BCUT2D eigenvalue weighted by Gasteiger charge is -2.26. The van der Waals surface area contributed by atoms with Crippen LogP contribution in [0.1, 0.15) is 46.1 Å². The number of rotatable bonds is 6. The zero-order chi connectivity index (χ0) is 22.8. The second-order valence-corrected chi connectivity index (χ2v) is 10.4. The Balaban J connectivity index is 1.74. The van der Waals surface area contributed by atoms with E-state index in [1.54, 1.807) is 35.2 Å². The van der Waals surface area contributed by atoms with Gasteiger partial charge < -0.3 is 10.2 Å². The Morgan fingerprint density at radius 2 is 1.68 bits per heavy atom. The molecule has 166 valence electrons. The highest BCUT2D eigenvalue weighted by molar-refractivity contribution is 7.92. The predicted molar refractivity (Wildman–Crippen MR) is 123 cm³/mol. The number of hydrogen-bond donors (Lipinski definition) is 2. The molecule has 8 heteroatoms. The first-order chi connectivity index (χ1) is 14.5. The van der Waals surface area contributed by atoms with Gasteiger partial charge in [-0.05, 0) is 60.9 Å². The zero-order valence-electron chi connectivity index (χ0n) is 18.4. The van der Waals surface area contributed by atoms with Crippen LogP contribution in [0, 0.1) is 5.41 Å². The highest BCUT2D eigenvalue weighted by Crippen LogP contribution is 2.34. The number of amides is 2. The van der Waals surface area contributed by atoms with Crippen molar-refractivity contribution in [3.05, 3.63) is 48.0 Å². The Morgan fingerprint density at radius 1 is 1.03 bits per heavy atom. The van der Waals surface area contributed by atoms with Crippen LogP contribution < -0.4 is 14.9 Å². The summed E-state index contributed by atoms with van der Waals surface area (Å²) >= 11 is 0. The smallest absolute Gasteiger partial charge is 0.261 e. The Bertz CT molecular complexity index is 1090. The van der Waals surface area contributed by atoms with E-state index >= 15 is 0 Å². The molecule has 3 rings (SSSR count). The maximum absolute atomic E-state index is 12.8.